The van der Waals surface area contributed by atoms with Crippen molar-refractivity contribution >= 4 is 10.5 Å². The second-order valence-electron chi connectivity index (χ2n) is 5.23. The van der Waals surface area contributed by atoms with Crippen LogP contribution in [0.3, 0.4) is 0 Å². The van der Waals surface area contributed by atoms with Gasteiger partial charge in [0.25, 0.3) is 0 Å². The minimum atomic E-state index is 0.881. The maximum atomic E-state index is 4.68. The third kappa shape index (κ3) is 6.55. The van der Waals surface area contributed by atoms with Gasteiger partial charge >= 0.3 is 0 Å². The average molecular weight is 267 g/mol. The van der Waals surface area contributed by atoms with Gasteiger partial charge in [0.15, 0.2) is 0 Å². The Morgan fingerprint density at radius 2 is 1.33 bits per heavy atom. The second kappa shape index (κ2) is 10.6. The summed E-state index contributed by atoms with van der Waals surface area (Å²) in [7, 11) is 0.890. The Morgan fingerprint density at radius 1 is 0.889 bits per heavy atom. The molecule has 0 spiro atoms. The molecule has 2 aliphatic rings. The van der Waals surface area contributed by atoms with Gasteiger partial charge in [0, 0.05) is 6.61 Å². The lowest BCUT2D eigenvalue weighted by atomic mass is 9.97. The van der Waals surface area contributed by atoms with Crippen molar-refractivity contribution in [2.24, 2.45) is 0 Å². The molecule has 0 fully saturated rings. The highest BCUT2D eigenvalue weighted by Gasteiger charge is 2.09. The monoisotopic (exact) mass is 266 g/mol. The van der Waals surface area contributed by atoms with Crippen molar-refractivity contribution in [1.82, 2.24) is 0 Å². The summed E-state index contributed by atoms with van der Waals surface area (Å²) in [4.78, 5) is 0. The molecular weight excluding hydrogens is 236 g/mol. The van der Waals surface area contributed by atoms with E-state index in [2.05, 4.69) is 16.6 Å². The molecule has 1 nitrogen and oxygen atoms in total. The summed E-state index contributed by atoms with van der Waals surface area (Å²) >= 11 is 0. The van der Waals surface area contributed by atoms with Crippen LogP contribution in [0.2, 0.25) is 0 Å². The molecule has 2 aliphatic carbocycles. The van der Waals surface area contributed by atoms with E-state index in [-0.39, 0.29) is 0 Å². The summed E-state index contributed by atoms with van der Waals surface area (Å²) in [5.41, 5.74) is 3.40. The molecule has 18 heavy (non-hydrogen) atoms. The van der Waals surface area contributed by atoms with E-state index < -0.39 is 0 Å². The number of allylic oxidation sites excluding steroid dienone is 4. The molecule has 0 radical (unpaired) electrons. The topological polar surface area (TPSA) is 9.23 Å². The zero-order valence-electron chi connectivity index (χ0n) is 12.3. The van der Waals surface area contributed by atoms with Crippen molar-refractivity contribution in [2.75, 3.05) is 6.61 Å². The summed E-state index contributed by atoms with van der Waals surface area (Å²) in [6, 6.07) is 0. The fourth-order valence-electron chi connectivity index (χ4n) is 2.61. The summed E-state index contributed by atoms with van der Waals surface area (Å²) in [6.07, 6.45) is 18.9. The van der Waals surface area contributed by atoms with Crippen molar-refractivity contribution in [3.05, 3.63) is 23.3 Å². The SMILES string of the molecule is C1=C(C2=CCCCCC2)CCCCC1.CCO[SiH3]. The molecule has 104 valence electrons. The number of rotatable bonds is 2. The highest BCUT2D eigenvalue weighted by atomic mass is 28.2. The largest absolute Gasteiger partial charge is 0.428 e. The third-order valence-electron chi connectivity index (χ3n) is 3.78. The normalized spacial score (nSPS) is 20.9. The van der Waals surface area contributed by atoms with Crippen LogP contribution >= 0.6 is 0 Å². The highest BCUT2D eigenvalue weighted by molar-refractivity contribution is 5.97. The summed E-state index contributed by atoms with van der Waals surface area (Å²) < 4.78 is 4.68. The van der Waals surface area contributed by atoms with Crippen molar-refractivity contribution in [3.8, 4) is 0 Å². The lowest BCUT2D eigenvalue weighted by molar-refractivity contribution is 0.375. The zero-order chi connectivity index (χ0) is 13.1. The molecule has 2 heteroatoms. The molecule has 0 unspecified atom stereocenters. The van der Waals surface area contributed by atoms with E-state index in [1.165, 1.54) is 64.2 Å². The van der Waals surface area contributed by atoms with Crippen molar-refractivity contribution < 1.29 is 4.43 Å². The van der Waals surface area contributed by atoms with Gasteiger partial charge in [-0.1, -0.05) is 25.0 Å². The molecule has 0 aromatic rings. The first-order valence-electron chi connectivity index (χ1n) is 7.75. The Morgan fingerprint density at radius 3 is 1.72 bits per heavy atom. The van der Waals surface area contributed by atoms with Crippen LogP contribution in [0, 0.1) is 0 Å². The molecule has 0 aromatic carbocycles. The highest BCUT2D eigenvalue weighted by Crippen LogP contribution is 2.29. The average Bonchev–Trinajstić information content (AvgIpc) is 2.83. The minimum absolute atomic E-state index is 0.881. The Hall–Kier alpha value is -0.343. The molecule has 0 N–H and O–H groups in total. The molecule has 0 aromatic heterocycles. The van der Waals surface area contributed by atoms with E-state index in [4.69, 9.17) is 0 Å². The van der Waals surface area contributed by atoms with Gasteiger partial charge in [-0.2, -0.15) is 0 Å². The molecular formula is C16H30OSi. The molecule has 0 amide bonds. The van der Waals surface area contributed by atoms with Crippen LogP contribution in [-0.4, -0.2) is 17.1 Å². The molecule has 0 heterocycles. The van der Waals surface area contributed by atoms with Crippen molar-refractivity contribution in [1.29, 1.82) is 0 Å². The third-order valence-corrected chi connectivity index (χ3v) is 4.36. The van der Waals surface area contributed by atoms with Crippen LogP contribution in [0.1, 0.15) is 71.1 Å². The van der Waals surface area contributed by atoms with E-state index >= 15 is 0 Å². The first-order chi connectivity index (χ1) is 8.88. The molecule has 0 bridgehead atoms. The van der Waals surface area contributed by atoms with Crippen LogP contribution < -0.4 is 0 Å². The van der Waals surface area contributed by atoms with E-state index in [0.29, 0.717) is 0 Å². The molecule has 0 saturated heterocycles. The summed E-state index contributed by atoms with van der Waals surface area (Å²) in [5, 5.41) is 0. The zero-order valence-corrected chi connectivity index (χ0v) is 14.3. The van der Waals surface area contributed by atoms with Gasteiger partial charge in [0.1, 0.15) is 10.5 Å². The summed E-state index contributed by atoms with van der Waals surface area (Å²) in [5.74, 6) is 0. The van der Waals surface area contributed by atoms with Gasteiger partial charge in [0.2, 0.25) is 0 Å². The fourth-order valence-corrected chi connectivity index (χ4v) is 2.61. The van der Waals surface area contributed by atoms with E-state index in [9.17, 15) is 0 Å². The maximum absolute atomic E-state index is 4.68. The molecule has 2 rings (SSSR count). The lowest BCUT2D eigenvalue weighted by Crippen LogP contribution is -1.89. The second-order valence-corrected chi connectivity index (χ2v) is 5.81. The van der Waals surface area contributed by atoms with Crippen molar-refractivity contribution in [3.63, 3.8) is 0 Å². The van der Waals surface area contributed by atoms with E-state index in [1.54, 1.807) is 11.1 Å². The van der Waals surface area contributed by atoms with Gasteiger partial charge in [-0.3, -0.25) is 0 Å². The Bertz CT molecular complexity index is 240. The van der Waals surface area contributed by atoms with Crippen LogP contribution in [0.4, 0.5) is 0 Å². The van der Waals surface area contributed by atoms with Crippen molar-refractivity contribution in [2.45, 2.75) is 71.1 Å². The Balaban J connectivity index is 0.000000357. The standard InChI is InChI=1S/C14H22.C2H8OSi/c1-2-6-10-13(9-5-1)14-11-7-3-4-8-12-14;1-2-3-4/h9,11H,1-8,10,12H2;2H2,1,4H3. The number of hydrogen-bond acceptors (Lipinski definition) is 1. The van der Waals surface area contributed by atoms with Crippen LogP contribution in [0.5, 0.6) is 0 Å². The van der Waals surface area contributed by atoms with Crippen LogP contribution in [0.15, 0.2) is 23.3 Å². The van der Waals surface area contributed by atoms with Gasteiger partial charge in [-0.15, -0.1) is 0 Å². The minimum Gasteiger partial charge on any atom is -0.428 e. The van der Waals surface area contributed by atoms with E-state index in [1.807, 2.05) is 6.92 Å². The smallest absolute Gasteiger partial charge is 0.145 e. The maximum Gasteiger partial charge on any atom is 0.145 e. The van der Waals surface area contributed by atoms with Gasteiger partial charge in [0.05, 0.1) is 0 Å². The lowest BCUT2D eigenvalue weighted by Gasteiger charge is -2.09. The predicted octanol–water partition coefficient (Wildman–Crippen LogP) is 4.07. The van der Waals surface area contributed by atoms with Gasteiger partial charge < -0.3 is 4.43 Å². The molecule has 0 aliphatic heterocycles. The summed E-state index contributed by atoms with van der Waals surface area (Å²) in [6.45, 7) is 2.87. The fraction of sp³-hybridized carbons (Fsp3) is 0.750. The van der Waals surface area contributed by atoms with E-state index in [0.717, 1.165) is 17.1 Å². The number of hydrogen-bond donors (Lipinski definition) is 0. The van der Waals surface area contributed by atoms with Crippen LogP contribution in [0.25, 0.3) is 0 Å². The quantitative estimate of drug-likeness (QED) is 0.685. The first-order valence-corrected chi connectivity index (χ1v) is 8.57. The van der Waals surface area contributed by atoms with Gasteiger partial charge in [-0.25, -0.2) is 0 Å². The van der Waals surface area contributed by atoms with Gasteiger partial charge in [-0.05, 0) is 69.4 Å². The first kappa shape index (κ1) is 15.7. The Kier molecular flexibility index (Phi) is 9.23. The molecule has 0 atom stereocenters. The predicted molar refractivity (Wildman–Crippen MR) is 83.9 cm³/mol. The van der Waals surface area contributed by atoms with Crippen LogP contribution in [-0.2, 0) is 4.43 Å². The molecule has 0 saturated carbocycles. The Labute approximate surface area is 116 Å².